The summed E-state index contributed by atoms with van der Waals surface area (Å²) in [5.41, 5.74) is 2.65. The van der Waals surface area contributed by atoms with Crippen molar-refractivity contribution in [1.29, 1.82) is 0 Å². The van der Waals surface area contributed by atoms with Gasteiger partial charge in [0.15, 0.2) is 10.1 Å². The van der Waals surface area contributed by atoms with Crippen molar-refractivity contribution in [2.24, 2.45) is 0 Å². The molecular weight excluding hydrogens is 414 g/mol. The fourth-order valence-corrected chi connectivity index (χ4v) is 4.04. The zero-order valence-electron chi connectivity index (χ0n) is 11.8. The molecule has 0 aliphatic heterocycles. The molecule has 3 aromatic rings. The quantitative estimate of drug-likeness (QED) is 0.361. The first-order chi connectivity index (χ1) is 11.1. The van der Waals surface area contributed by atoms with E-state index in [1.165, 1.54) is 11.8 Å². The Morgan fingerprint density at radius 3 is 2.52 bits per heavy atom. The van der Waals surface area contributed by atoms with E-state index in [1.807, 2.05) is 53.9 Å². The highest BCUT2D eigenvalue weighted by Crippen LogP contribution is 2.29. The first kappa shape index (κ1) is 16.7. The Labute approximate surface area is 156 Å². The standard InChI is InChI=1S/C17H11BrClNOS2/c18-13-5-1-12(2-6-13)16(21)10-23-17-20-15(9-22-17)11-3-7-14(19)8-4-11/h1-9H,10H2. The lowest BCUT2D eigenvalue weighted by Crippen LogP contribution is -2.01. The molecule has 0 aliphatic rings. The van der Waals surface area contributed by atoms with Crippen LogP contribution in [-0.4, -0.2) is 16.5 Å². The van der Waals surface area contributed by atoms with E-state index in [4.69, 9.17) is 11.6 Å². The fourth-order valence-electron chi connectivity index (χ4n) is 1.92. The SMILES string of the molecule is O=C(CSc1nc(-c2ccc(Cl)cc2)cs1)c1ccc(Br)cc1. The van der Waals surface area contributed by atoms with Gasteiger partial charge >= 0.3 is 0 Å². The second-order valence-corrected chi connectivity index (χ2v) is 8.16. The third kappa shape index (κ3) is 4.44. The first-order valence-electron chi connectivity index (χ1n) is 6.75. The highest BCUT2D eigenvalue weighted by molar-refractivity contribution is 9.10. The van der Waals surface area contributed by atoms with Crippen molar-refractivity contribution < 1.29 is 4.79 Å². The van der Waals surface area contributed by atoms with E-state index in [0.717, 1.165) is 25.6 Å². The molecule has 0 saturated heterocycles. The van der Waals surface area contributed by atoms with Gasteiger partial charge in [0.1, 0.15) is 0 Å². The van der Waals surface area contributed by atoms with Crippen LogP contribution in [0.3, 0.4) is 0 Å². The lowest BCUT2D eigenvalue weighted by molar-refractivity contribution is 0.102. The zero-order chi connectivity index (χ0) is 16.2. The number of thioether (sulfide) groups is 1. The smallest absolute Gasteiger partial charge is 0.173 e. The van der Waals surface area contributed by atoms with Crippen LogP contribution in [0.1, 0.15) is 10.4 Å². The first-order valence-corrected chi connectivity index (χ1v) is 9.78. The minimum Gasteiger partial charge on any atom is -0.293 e. The molecule has 2 nitrogen and oxygen atoms in total. The van der Waals surface area contributed by atoms with Gasteiger partial charge in [-0.3, -0.25) is 4.79 Å². The van der Waals surface area contributed by atoms with Crippen LogP contribution in [0.5, 0.6) is 0 Å². The van der Waals surface area contributed by atoms with Gasteiger partial charge in [0.25, 0.3) is 0 Å². The number of nitrogens with zero attached hydrogens (tertiary/aromatic N) is 1. The van der Waals surface area contributed by atoms with E-state index >= 15 is 0 Å². The summed E-state index contributed by atoms with van der Waals surface area (Å²) in [6.45, 7) is 0. The number of aromatic nitrogens is 1. The summed E-state index contributed by atoms with van der Waals surface area (Å²) in [6.07, 6.45) is 0. The van der Waals surface area contributed by atoms with Crippen LogP contribution in [-0.2, 0) is 0 Å². The van der Waals surface area contributed by atoms with E-state index < -0.39 is 0 Å². The summed E-state index contributed by atoms with van der Waals surface area (Å²) in [5.74, 6) is 0.487. The predicted octanol–water partition coefficient (Wildman–Crippen LogP) is 6.20. The number of hydrogen-bond donors (Lipinski definition) is 0. The van der Waals surface area contributed by atoms with Crippen LogP contribution in [0.25, 0.3) is 11.3 Å². The second kappa shape index (κ2) is 7.62. The molecule has 0 atom stereocenters. The number of ketones is 1. The molecule has 23 heavy (non-hydrogen) atoms. The summed E-state index contributed by atoms with van der Waals surface area (Å²) >= 11 is 12.3. The number of thiazole rings is 1. The Balaban J connectivity index is 1.64. The Morgan fingerprint density at radius 1 is 1.13 bits per heavy atom. The molecule has 116 valence electrons. The minimum absolute atomic E-state index is 0.103. The molecule has 1 aromatic heterocycles. The summed E-state index contributed by atoms with van der Waals surface area (Å²) in [4.78, 5) is 16.7. The van der Waals surface area contributed by atoms with Gasteiger partial charge in [0, 0.05) is 26.0 Å². The molecule has 0 unspecified atom stereocenters. The van der Waals surface area contributed by atoms with Crippen molar-refractivity contribution in [2.75, 3.05) is 5.75 Å². The normalized spacial score (nSPS) is 10.7. The van der Waals surface area contributed by atoms with Gasteiger partial charge in [0.2, 0.25) is 0 Å². The number of carbonyl (C=O) groups excluding carboxylic acids is 1. The van der Waals surface area contributed by atoms with Gasteiger partial charge in [-0.05, 0) is 24.3 Å². The molecule has 0 fully saturated rings. The van der Waals surface area contributed by atoms with Crippen LogP contribution in [0.15, 0.2) is 62.7 Å². The number of hydrogen-bond acceptors (Lipinski definition) is 4. The predicted molar refractivity (Wildman–Crippen MR) is 102 cm³/mol. The number of benzene rings is 2. The van der Waals surface area contributed by atoms with E-state index in [0.29, 0.717) is 10.8 Å². The maximum absolute atomic E-state index is 12.2. The van der Waals surface area contributed by atoms with Crippen LogP contribution in [0.2, 0.25) is 5.02 Å². The molecule has 0 radical (unpaired) electrons. The van der Waals surface area contributed by atoms with Crippen molar-refractivity contribution in [3.63, 3.8) is 0 Å². The summed E-state index contributed by atoms with van der Waals surface area (Å²) < 4.78 is 1.86. The molecule has 2 aromatic carbocycles. The maximum atomic E-state index is 12.2. The molecule has 0 saturated carbocycles. The van der Waals surface area contributed by atoms with Gasteiger partial charge in [-0.25, -0.2) is 4.98 Å². The molecular formula is C17H11BrClNOS2. The lowest BCUT2D eigenvalue weighted by Gasteiger charge is -2.00. The third-order valence-corrected chi connectivity index (χ3v) is 5.92. The molecule has 3 rings (SSSR count). The molecule has 1 heterocycles. The number of rotatable bonds is 5. The molecule has 0 bridgehead atoms. The summed E-state index contributed by atoms with van der Waals surface area (Å²) in [7, 11) is 0. The number of halogens is 2. The van der Waals surface area contributed by atoms with Crippen molar-refractivity contribution in [1.82, 2.24) is 4.98 Å². The second-order valence-electron chi connectivity index (χ2n) is 4.72. The van der Waals surface area contributed by atoms with Gasteiger partial charge < -0.3 is 0 Å². The van der Waals surface area contributed by atoms with Crippen molar-refractivity contribution >= 4 is 56.4 Å². The van der Waals surface area contributed by atoms with Crippen LogP contribution in [0.4, 0.5) is 0 Å². The fraction of sp³-hybridized carbons (Fsp3) is 0.0588. The minimum atomic E-state index is 0.103. The lowest BCUT2D eigenvalue weighted by atomic mass is 10.2. The van der Waals surface area contributed by atoms with Crippen LogP contribution in [0, 0.1) is 0 Å². The largest absolute Gasteiger partial charge is 0.293 e. The average Bonchev–Trinajstić information content (AvgIpc) is 3.03. The van der Waals surface area contributed by atoms with E-state index in [1.54, 1.807) is 11.3 Å². The van der Waals surface area contributed by atoms with Gasteiger partial charge in [-0.2, -0.15) is 0 Å². The Morgan fingerprint density at radius 2 is 1.83 bits per heavy atom. The zero-order valence-corrected chi connectivity index (χ0v) is 15.8. The number of Topliss-reactive ketones (excluding diaryl/α,β-unsaturated/α-hetero) is 1. The molecule has 0 amide bonds. The van der Waals surface area contributed by atoms with Crippen molar-refractivity contribution in [3.05, 3.63) is 69.0 Å². The van der Waals surface area contributed by atoms with Crippen LogP contribution >= 0.6 is 50.6 Å². The maximum Gasteiger partial charge on any atom is 0.173 e. The van der Waals surface area contributed by atoms with Crippen molar-refractivity contribution in [2.45, 2.75) is 4.34 Å². The molecule has 0 N–H and O–H groups in total. The Bertz CT molecular complexity index is 815. The Kier molecular flexibility index (Phi) is 5.54. The van der Waals surface area contributed by atoms with Gasteiger partial charge in [0.05, 0.1) is 11.4 Å². The van der Waals surface area contributed by atoms with E-state index in [9.17, 15) is 4.79 Å². The van der Waals surface area contributed by atoms with Gasteiger partial charge in [-0.1, -0.05) is 63.6 Å². The summed E-state index contributed by atoms with van der Waals surface area (Å²) in [5, 5.41) is 2.70. The highest BCUT2D eigenvalue weighted by atomic mass is 79.9. The van der Waals surface area contributed by atoms with Gasteiger partial charge in [-0.15, -0.1) is 11.3 Å². The summed E-state index contributed by atoms with van der Waals surface area (Å²) in [6, 6.07) is 15.0. The average molecular weight is 425 g/mol. The topological polar surface area (TPSA) is 30.0 Å². The third-order valence-electron chi connectivity index (χ3n) is 3.12. The molecule has 6 heteroatoms. The van der Waals surface area contributed by atoms with Crippen molar-refractivity contribution in [3.8, 4) is 11.3 Å². The Hall–Kier alpha value is -1.14. The highest BCUT2D eigenvalue weighted by Gasteiger charge is 2.10. The molecule has 0 aliphatic carbocycles. The monoisotopic (exact) mass is 423 g/mol. The van der Waals surface area contributed by atoms with E-state index in [-0.39, 0.29) is 5.78 Å². The molecule has 0 spiro atoms. The number of carbonyl (C=O) groups is 1. The van der Waals surface area contributed by atoms with Crippen LogP contribution < -0.4 is 0 Å². The van der Waals surface area contributed by atoms with E-state index in [2.05, 4.69) is 20.9 Å².